The van der Waals surface area contributed by atoms with Crippen LogP contribution >= 0.6 is 0 Å². The first-order chi connectivity index (χ1) is 12.8. The van der Waals surface area contributed by atoms with Gasteiger partial charge in [-0.15, -0.1) is 5.10 Å². The molecule has 4 rings (SSSR count). The van der Waals surface area contributed by atoms with E-state index in [9.17, 15) is 4.79 Å². The number of ether oxygens (including phenoxy) is 1. The zero-order chi connectivity index (χ0) is 17.8. The van der Waals surface area contributed by atoms with E-state index in [2.05, 4.69) is 15.5 Å². The minimum Gasteiger partial charge on any atom is -0.459 e. The van der Waals surface area contributed by atoms with Crippen molar-refractivity contribution < 1.29 is 18.4 Å². The molecule has 128 valence electrons. The van der Waals surface area contributed by atoms with Crippen LogP contribution in [0.2, 0.25) is 0 Å². The lowest BCUT2D eigenvalue weighted by Crippen LogP contribution is -2.13. The van der Waals surface area contributed by atoms with Crippen molar-refractivity contribution in [3.05, 3.63) is 78.6 Å². The van der Waals surface area contributed by atoms with Crippen LogP contribution < -0.4 is 10.1 Å². The number of furan rings is 1. The Morgan fingerprint density at radius 1 is 0.923 bits per heavy atom. The van der Waals surface area contributed by atoms with Crippen LogP contribution in [0.5, 0.6) is 11.5 Å². The number of nitrogens with zero attached hydrogens (tertiary/aromatic N) is 2. The molecule has 0 aliphatic carbocycles. The van der Waals surface area contributed by atoms with Crippen molar-refractivity contribution >= 4 is 11.9 Å². The summed E-state index contributed by atoms with van der Waals surface area (Å²) in [5.74, 6) is 1.23. The number of carbonyl (C=O) groups is 1. The Balaban J connectivity index is 1.53. The number of nitrogens with one attached hydrogen (secondary N) is 1. The molecule has 0 saturated heterocycles. The van der Waals surface area contributed by atoms with Gasteiger partial charge in [0.15, 0.2) is 5.76 Å². The molecule has 0 unspecified atom stereocenters. The first-order valence-corrected chi connectivity index (χ1v) is 7.80. The Morgan fingerprint density at radius 3 is 2.54 bits per heavy atom. The molecule has 0 spiro atoms. The van der Waals surface area contributed by atoms with Gasteiger partial charge >= 0.3 is 6.01 Å². The molecule has 0 aliphatic rings. The van der Waals surface area contributed by atoms with Crippen molar-refractivity contribution in [2.45, 2.75) is 0 Å². The molecule has 0 aliphatic heterocycles. The van der Waals surface area contributed by atoms with Crippen LogP contribution in [-0.4, -0.2) is 16.1 Å². The molecule has 2 aromatic heterocycles. The molecule has 4 aromatic rings. The third kappa shape index (κ3) is 3.32. The van der Waals surface area contributed by atoms with Crippen LogP contribution in [0.3, 0.4) is 0 Å². The summed E-state index contributed by atoms with van der Waals surface area (Å²) >= 11 is 0. The predicted octanol–water partition coefficient (Wildman–Crippen LogP) is 4.37. The van der Waals surface area contributed by atoms with Crippen molar-refractivity contribution in [2.75, 3.05) is 5.32 Å². The van der Waals surface area contributed by atoms with Crippen LogP contribution in [0.15, 0.2) is 81.8 Å². The van der Waals surface area contributed by atoms with E-state index in [1.165, 1.54) is 6.26 Å². The molecule has 0 saturated carbocycles. The number of rotatable bonds is 5. The zero-order valence-corrected chi connectivity index (χ0v) is 13.5. The van der Waals surface area contributed by atoms with Crippen molar-refractivity contribution in [3.8, 4) is 23.1 Å². The molecule has 2 heterocycles. The van der Waals surface area contributed by atoms with Crippen LogP contribution in [0, 0.1) is 0 Å². The third-order valence-electron chi connectivity index (χ3n) is 3.48. The van der Waals surface area contributed by atoms with Crippen LogP contribution in [-0.2, 0) is 0 Å². The van der Waals surface area contributed by atoms with Crippen molar-refractivity contribution in [2.24, 2.45) is 0 Å². The highest BCUT2D eigenvalue weighted by atomic mass is 16.5. The second-order valence-electron chi connectivity index (χ2n) is 5.26. The topological polar surface area (TPSA) is 90.4 Å². The molecule has 0 atom stereocenters. The first kappa shape index (κ1) is 15.6. The predicted molar refractivity (Wildman–Crippen MR) is 92.9 cm³/mol. The quantitative estimate of drug-likeness (QED) is 0.576. The highest BCUT2D eigenvalue weighted by molar-refractivity contribution is 6.05. The fraction of sp³-hybridized carbons (Fsp3) is 0. The van der Waals surface area contributed by atoms with Crippen molar-refractivity contribution in [3.63, 3.8) is 0 Å². The van der Waals surface area contributed by atoms with Gasteiger partial charge in [-0.3, -0.25) is 10.1 Å². The third-order valence-corrected chi connectivity index (χ3v) is 3.48. The molecule has 7 nitrogen and oxygen atoms in total. The fourth-order valence-electron chi connectivity index (χ4n) is 2.30. The van der Waals surface area contributed by atoms with E-state index in [-0.39, 0.29) is 11.9 Å². The summed E-state index contributed by atoms with van der Waals surface area (Å²) in [6.07, 6.45) is 1.49. The number of aromatic nitrogens is 2. The van der Waals surface area contributed by atoms with Gasteiger partial charge in [-0.1, -0.05) is 35.4 Å². The number of hydrogen-bond donors (Lipinski definition) is 1. The van der Waals surface area contributed by atoms with Crippen LogP contribution in [0.1, 0.15) is 10.4 Å². The van der Waals surface area contributed by atoms with Crippen LogP contribution in [0.25, 0.3) is 11.7 Å². The van der Waals surface area contributed by atoms with E-state index >= 15 is 0 Å². The Labute approximate surface area is 148 Å². The van der Waals surface area contributed by atoms with Crippen molar-refractivity contribution in [1.29, 1.82) is 0 Å². The maximum absolute atomic E-state index is 12.6. The zero-order valence-electron chi connectivity index (χ0n) is 13.5. The molecule has 1 amide bonds. The summed E-state index contributed by atoms with van der Waals surface area (Å²) in [5.41, 5.74) is 0.342. The van der Waals surface area contributed by atoms with E-state index in [0.29, 0.717) is 22.8 Å². The van der Waals surface area contributed by atoms with Gasteiger partial charge in [-0.2, -0.15) is 0 Å². The van der Waals surface area contributed by atoms with Gasteiger partial charge < -0.3 is 13.6 Å². The minimum atomic E-state index is -0.425. The minimum absolute atomic E-state index is 0.0316. The summed E-state index contributed by atoms with van der Waals surface area (Å²) < 4.78 is 16.4. The lowest BCUT2D eigenvalue weighted by Gasteiger charge is -2.10. The smallest absolute Gasteiger partial charge is 0.322 e. The van der Waals surface area contributed by atoms with E-state index < -0.39 is 5.91 Å². The van der Waals surface area contributed by atoms with Crippen LogP contribution in [0.4, 0.5) is 6.01 Å². The second-order valence-corrected chi connectivity index (χ2v) is 5.26. The maximum Gasteiger partial charge on any atom is 0.322 e. The molecule has 1 N–H and O–H groups in total. The molecule has 2 aromatic carbocycles. The van der Waals surface area contributed by atoms with Gasteiger partial charge in [0.05, 0.1) is 11.8 Å². The van der Waals surface area contributed by atoms with E-state index in [1.54, 1.807) is 36.4 Å². The molecule has 0 fully saturated rings. The van der Waals surface area contributed by atoms with Gasteiger partial charge in [0.1, 0.15) is 11.5 Å². The number of hydrogen-bond acceptors (Lipinski definition) is 6. The molecule has 0 bridgehead atoms. The SMILES string of the molecule is O=C(Nc1nnc(-c2ccco2)o1)c1ccccc1Oc1ccccc1. The number of benzene rings is 2. The van der Waals surface area contributed by atoms with E-state index in [0.717, 1.165) is 0 Å². The standard InChI is InChI=1S/C19H13N3O4/c23-17(20-19-22-21-18(26-19)16-11-6-12-24-16)14-9-4-5-10-15(14)25-13-7-2-1-3-8-13/h1-12H,(H,20,22,23). The van der Waals surface area contributed by atoms with Gasteiger partial charge in [0.2, 0.25) is 0 Å². The van der Waals surface area contributed by atoms with E-state index in [1.807, 2.05) is 30.3 Å². The molecule has 7 heteroatoms. The van der Waals surface area contributed by atoms with Gasteiger partial charge in [-0.05, 0) is 36.4 Å². The number of carbonyl (C=O) groups excluding carboxylic acids is 1. The Morgan fingerprint density at radius 2 is 1.73 bits per heavy atom. The normalized spacial score (nSPS) is 10.5. The second kappa shape index (κ2) is 6.94. The highest BCUT2D eigenvalue weighted by Gasteiger charge is 2.17. The van der Waals surface area contributed by atoms with Gasteiger partial charge in [-0.25, -0.2) is 0 Å². The fourth-order valence-corrected chi connectivity index (χ4v) is 2.30. The molecular formula is C19H13N3O4. The van der Waals surface area contributed by atoms with Crippen molar-refractivity contribution in [1.82, 2.24) is 10.2 Å². The highest BCUT2D eigenvalue weighted by Crippen LogP contribution is 2.26. The van der Waals surface area contributed by atoms with Gasteiger partial charge in [0.25, 0.3) is 11.8 Å². The maximum atomic E-state index is 12.6. The number of para-hydroxylation sites is 2. The molecular weight excluding hydrogens is 334 g/mol. The lowest BCUT2D eigenvalue weighted by atomic mass is 10.2. The van der Waals surface area contributed by atoms with Gasteiger partial charge in [0, 0.05) is 0 Å². The molecule has 0 radical (unpaired) electrons. The lowest BCUT2D eigenvalue weighted by molar-refractivity contribution is 0.102. The first-order valence-electron chi connectivity index (χ1n) is 7.80. The monoisotopic (exact) mass is 347 g/mol. The summed E-state index contributed by atoms with van der Waals surface area (Å²) in [5, 5.41) is 10.2. The summed E-state index contributed by atoms with van der Waals surface area (Å²) in [6.45, 7) is 0. The Hall–Kier alpha value is -3.87. The average molecular weight is 347 g/mol. The largest absolute Gasteiger partial charge is 0.459 e. The Kier molecular flexibility index (Phi) is 4.17. The average Bonchev–Trinajstić information content (AvgIpc) is 3.34. The van der Waals surface area contributed by atoms with E-state index in [4.69, 9.17) is 13.6 Å². The number of amides is 1. The summed E-state index contributed by atoms with van der Waals surface area (Å²) in [6, 6.07) is 19.5. The summed E-state index contributed by atoms with van der Waals surface area (Å²) in [4.78, 5) is 12.6. The molecule has 26 heavy (non-hydrogen) atoms. The summed E-state index contributed by atoms with van der Waals surface area (Å²) in [7, 11) is 0. The Bertz CT molecular complexity index is 1010. The number of anilines is 1.